The molecule has 0 saturated heterocycles. The predicted molar refractivity (Wildman–Crippen MR) is 54.5 cm³/mol. The van der Waals surface area contributed by atoms with Gasteiger partial charge in [-0.05, 0) is 30.5 Å². The standard InChI is InChI=1S/C11H17NO/c1-2-9-4-3-5-10(8-9)11(13)6-7-12/h3-5,8,11,13H,2,6-7,12H2,1H3. The monoisotopic (exact) mass is 179 g/mol. The molecule has 0 amide bonds. The molecule has 0 aliphatic heterocycles. The van der Waals surface area contributed by atoms with Gasteiger partial charge in [0.05, 0.1) is 6.10 Å². The minimum Gasteiger partial charge on any atom is -0.388 e. The van der Waals surface area contributed by atoms with Crippen molar-refractivity contribution in [3.63, 3.8) is 0 Å². The SMILES string of the molecule is CCc1cccc(C(O)CCN)c1. The molecule has 0 bridgehead atoms. The van der Waals surface area contributed by atoms with Crippen LogP contribution in [-0.2, 0) is 6.42 Å². The molecule has 0 radical (unpaired) electrons. The summed E-state index contributed by atoms with van der Waals surface area (Å²) in [4.78, 5) is 0. The Labute approximate surface area is 79.4 Å². The van der Waals surface area contributed by atoms with Gasteiger partial charge >= 0.3 is 0 Å². The minimum atomic E-state index is -0.406. The molecule has 0 heterocycles. The van der Waals surface area contributed by atoms with E-state index in [-0.39, 0.29) is 0 Å². The molecule has 1 atom stereocenters. The van der Waals surface area contributed by atoms with Crippen LogP contribution >= 0.6 is 0 Å². The van der Waals surface area contributed by atoms with Gasteiger partial charge < -0.3 is 10.8 Å². The molecule has 0 spiro atoms. The van der Waals surface area contributed by atoms with Crippen LogP contribution in [0.4, 0.5) is 0 Å². The number of hydrogen-bond donors (Lipinski definition) is 2. The van der Waals surface area contributed by atoms with Crippen molar-refractivity contribution >= 4 is 0 Å². The van der Waals surface area contributed by atoms with Crippen molar-refractivity contribution in [2.75, 3.05) is 6.54 Å². The van der Waals surface area contributed by atoms with Gasteiger partial charge in [0.15, 0.2) is 0 Å². The quantitative estimate of drug-likeness (QED) is 0.738. The van der Waals surface area contributed by atoms with E-state index in [1.165, 1.54) is 5.56 Å². The van der Waals surface area contributed by atoms with Crippen molar-refractivity contribution in [1.29, 1.82) is 0 Å². The Bertz CT molecular complexity index is 260. The first kappa shape index (κ1) is 10.2. The molecule has 0 aliphatic rings. The third-order valence-electron chi connectivity index (χ3n) is 2.18. The molecular formula is C11H17NO. The van der Waals surface area contributed by atoms with Crippen molar-refractivity contribution in [2.45, 2.75) is 25.9 Å². The molecule has 1 aromatic rings. The van der Waals surface area contributed by atoms with Crippen LogP contribution < -0.4 is 5.73 Å². The molecule has 0 aliphatic carbocycles. The predicted octanol–water partition coefficient (Wildman–Crippen LogP) is 1.63. The molecule has 1 unspecified atom stereocenters. The highest BCUT2D eigenvalue weighted by Gasteiger charge is 2.05. The Morgan fingerprint density at radius 3 is 2.85 bits per heavy atom. The highest BCUT2D eigenvalue weighted by molar-refractivity contribution is 5.25. The van der Waals surface area contributed by atoms with E-state index < -0.39 is 6.10 Å². The zero-order valence-electron chi connectivity index (χ0n) is 8.03. The topological polar surface area (TPSA) is 46.2 Å². The van der Waals surface area contributed by atoms with Gasteiger partial charge in [-0.1, -0.05) is 31.2 Å². The molecular weight excluding hydrogens is 162 g/mol. The fraction of sp³-hybridized carbons (Fsp3) is 0.455. The summed E-state index contributed by atoms with van der Waals surface area (Å²) in [7, 11) is 0. The summed E-state index contributed by atoms with van der Waals surface area (Å²) < 4.78 is 0. The van der Waals surface area contributed by atoms with Gasteiger partial charge in [0.1, 0.15) is 0 Å². The van der Waals surface area contributed by atoms with Crippen LogP contribution in [0, 0.1) is 0 Å². The lowest BCUT2D eigenvalue weighted by Gasteiger charge is -2.10. The molecule has 1 rings (SSSR count). The van der Waals surface area contributed by atoms with Crippen molar-refractivity contribution < 1.29 is 5.11 Å². The first-order valence-corrected chi connectivity index (χ1v) is 4.75. The highest BCUT2D eigenvalue weighted by atomic mass is 16.3. The van der Waals surface area contributed by atoms with Gasteiger partial charge in [0.2, 0.25) is 0 Å². The number of aliphatic hydroxyl groups excluding tert-OH is 1. The lowest BCUT2D eigenvalue weighted by Crippen LogP contribution is -2.06. The van der Waals surface area contributed by atoms with Crippen molar-refractivity contribution in [1.82, 2.24) is 0 Å². The maximum Gasteiger partial charge on any atom is 0.0802 e. The third kappa shape index (κ3) is 2.83. The summed E-state index contributed by atoms with van der Waals surface area (Å²) in [6.45, 7) is 2.63. The van der Waals surface area contributed by atoms with Gasteiger partial charge in [-0.15, -0.1) is 0 Å². The van der Waals surface area contributed by atoms with Gasteiger partial charge in [-0.2, -0.15) is 0 Å². The molecule has 0 fully saturated rings. The van der Waals surface area contributed by atoms with Crippen LogP contribution in [0.1, 0.15) is 30.6 Å². The Morgan fingerprint density at radius 1 is 1.46 bits per heavy atom. The Hall–Kier alpha value is -0.860. The zero-order chi connectivity index (χ0) is 9.68. The van der Waals surface area contributed by atoms with Gasteiger partial charge in [0, 0.05) is 0 Å². The van der Waals surface area contributed by atoms with E-state index in [1.54, 1.807) is 0 Å². The average Bonchev–Trinajstić information content (AvgIpc) is 2.18. The average molecular weight is 179 g/mol. The van der Waals surface area contributed by atoms with Crippen molar-refractivity contribution in [2.24, 2.45) is 5.73 Å². The molecule has 13 heavy (non-hydrogen) atoms. The van der Waals surface area contributed by atoms with Crippen LogP contribution in [0.2, 0.25) is 0 Å². The lowest BCUT2D eigenvalue weighted by molar-refractivity contribution is 0.170. The van der Waals surface area contributed by atoms with E-state index in [0.717, 1.165) is 12.0 Å². The number of rotatable bonds is 4. The van der Waals surface area contributed by atoms with Crippen LogP contribution in [0.15, 0.2) is 24.3 Å². The number of nitrogens with two attached hydrogens (primary N) is 1. The van der Waals surface area contributed by atoms with E-state index in [1.807, 2.05) is 18.2 Å². The fourth-order valence-electron chi connectivity index (χ4n) is 1.34. The summed E-state index contributed by atoms with van der Waals surface area (Å²) in [6.07, 6.45) is 1.23. The molecule has 0 saturated carbocycles. The maximum atomic E-state index is 9.66. The molecule has 72 valence electrons. The largest absolute Gasteiger partial charge is 0.388 e. The van der Waals surface area contributed by atoms with Crippen LogP contribution in [-0.4, -0.2) is 11.7 Å². The number of aliphatic hydroxyl groups is 1. The normalized spacial score (nSPS) is 12.8. The summed E-state index contributed by atoms with van der Waals surface area (Å²) in [6, 6.07) is 8.03. The highest BCUT2D eigenvalue weighted by Crippen LogP contribution is 2.17. The molecule has 3 N–H and O–H groups in total. The summed E-state index contributed by atoms with van der Waals surface area (Å²) in [5.41, 5.74) is 7.61. The lowest BCUT2D eigenvalue weighted by atomic mass is 10.0. The van der Waals surface area contributed by atoms with Crippen LogP contribution in [0.5, 0.6) is 0 Å². The molecule has 2 nitrogen and oxygen atoms in total. The summed E-state index contributed by atoms with van der Waals surface area (Å²) in [5.74, 6) is 0. The van der Waals surface area contributed by atoms with Crippen LogP contribution in [0.25, 0.3) is 0 Å². The number of benzene rings is 1. The second kappa shape index (κ2) is 5.00. The van der Waals surface area contributed by atoms with Crippen LogP contribution in [0.3, 0.4) is 0 Å². The Balaban J connectivity index is 2.75. The van der Waals surface area contributed by atoms with Gasteiger partial charge in [-0.3, -0.25) is 0 Å². The maximum absolute atomic E-state index is 9.66. The number of hydrogen-bond acceptors (Lipinski definition) is 2. The van der Waals surface area contributed by atoms with Crippen molar-refractivity contribution in [3.8, 4) is 0 Å². The summed E-state index contributed by atoms with van der Waals surface area (Å²) in [5, 5.41) is 9.66. The van der Waals surface area contributed by atoms with E-state index in [0.29, 0.717) is 13.0 Å². The molecule has 0 aromatic heterocycles. The van der Waals surface area contributed by atoms with E-state index in [9.17, 15) is 5.11 Å². The number of aryl methyl sites for hydroxylation is 1. The zero-order valence-corrected chi connectivity index (χ0v) is 8.03. The van der Waals surface area contributed by atoms with E-state index in [4.69, 9.17) is 5.73 Å². The fourth-order valence-corrected chi connectivity index (χ4v) is 1.34. The summed E-state index contributed by atoms with van der Waals surface area (Å²) >= 11 is 0. The Morgan fingerprint density at radius 2 is 2.23 bits per heavy atom. The molecule has 1 aromatic carbocycles. The van der Waals surface area contributed by atoms with Crippen molar-refractivity contribution in [3.05, 3.63) is 35.4 Å². The Kier molecular flexibility index (Phi) is 3.93. The van der Waals surface area contributed by atoms with E-state index >= 15 is 0 Å². The first-order valence-electron chi connectivity index (χ1n) is 4.75. The molecule has 2 heteroatoms. The van der Waals surface area contributed by atoms with E-state index in [2.05, 4.69) is 13.0 Å². The second-order valence-electron chi connectivity index (χ2n) is 3.19. The third-order valence-corrected chi connectivity index (χ3v) is 2.18. The minimum absolute atomic E-state index is 0.406. The van der Waals surface area contributed by atoms with Gasteiger partial charge in [0.25, 0.3) is 0 Å². The smallest absolute Gasteiger partial charge is 0.0802 e. The first-order chi connectivity index (χ1) is 6.27. The van der Waals surface area contributed by atoms with Gasteiger partial charge in [-0.25, -0.2) is 0 Å². The second-order valence-corrected chi connectivity index (χ2v) is 3.19.